The highest BCUT2D eigenvalue weighted by Gasteiger charge is 2.30. The third-order valence-electron chi connectivity index (χ3n) is 6.77. The summed E-state index contributed by atoms with van der Waals surface area (Å²) in [5.41, 5.74) is 3.80. The summed E-state index contributed by atoms with van der Waals surface area (Å²) in [5, 5.41) is 15.5. The molecule has 1 unspecified atom stereocenters. The Morgan fingerprint density at radius 1 is 1.24 bits per heavy atom. The van der Waals surface area contributed by atoms with Crippen molar-refractivity contribution in [3.05, 3.63) is 46.7 Å². The Morgan fingerprint density at radius 3 is 2.74 bits per heavy atom. The molecule has 34 heavy (non-hydrogen) atoms. The minimum atomic E-state index is -1.08. The number of amides is 1. The highest BCUT2D eigenvalue weighted by Crippen LogP contribution is 2.34. The molecule has 2 aromatic heterocycles. The normalized spacial score (nSPS) is 19.9. The van der Waals surface area contributed by atoms with Gasteiger partial charge in [0.25, 0.3) is 5.91 Å². The van der Waals surface area contributed by atoms with E-state index in [1.165, 1.54) is 18.3 Å². The van der Waals surface area contributed by atoms with E-state index >= 15 is 0 Å². The number of aromatic nitrogens is 3. The number of hydrogen-bond donors (Lipinski definition) is 3. The quantitative estimate of drug-likeness (QED) is 0.487. The maximum Gasteiger partial charge on any atom is 0.326 e. The summed E-state index contributed by atoms with van der Waals surface area (Å²) in [4.78, 5) is 37.0. The van der Waals surface area contributed by atoms with Crippen molar-refractivity contribution >= 4 is 17.7 Å². The summed E-state index contributed by atoms with van der Waals surface area (Å²) in [6.07, 6.45) is 8.01. The van der Waals surface area contributed by atoms with Crippen LogP contribution in [0.3, 0.4) is 0 Å². The van der Waals surface area contributed by atoms with Crippen molar-refractivity contribution in [1.82, 2.24) is 20.3 Å². The number of pyridine rings is 1. The molecule has 2 aromatic rings. The maximum atomic E-state index is 12.6. The van der Waals surface area contributed by atoms with E-state index in [1.807, 2.05) is 0 Å². The van der Waals surface area contributed by atoms with Gasteiger partial charge in [-0.05, 0) is 69.9 Å². The highest BCUT2D eigenvalue weighted by atomic mass is 16.5. The number of carbonyl (C=O) groups is 2. The van der Waals surface area contributed by atoms with Gasteiger partial charge in [0.1, 0.15) is 18.2 Å². The molecule has 2 aliphatic rings. The summed E-state index contributed by atoms with van der Waals surface area (Å²) in [6.45, 7) is 4.69. The first kappa shape index (κ1) is 24.1. The number of carboxylic acids is 1. The topological polar surface area (TPSA) is 126 Å². The molecule has 1 saturated carbocycles. The van der Waals surface area contributed by atoms with Crippen LogP contribution < -0.4 is 10.6 Å². The molecule has 3 heterocycles. The van der Waals surface area contributed by atoms with Gasteiger partial charge in [-0.2, -0.15) is 0 Å². The van der Waals surface area contributed by atoms with Crippen LogP contribution >= 0.6 is 0 Å². The Bertz CT molecular complexity index is 1020. The highest BCUT2D eigenvalue weighted by molar-refractivity contribution is 5.98. The Morgan fingerprint density at radius 2 is 2.00 bits per heavy atom. The number of rotatable bonds is 10. The number of fused-ring (bicyclic) bond motifs is 1. The summed E-state index contributed by atoms with van der Waals surface area (Å²) < 4.78 is 5.89. The lowest BCUT2D eigenvalue weighted by Crippen LogP contribution is -2.42. The van der Waals surface area contributed by atoms with E-state index in [1.54, 1.807) is 13.8 Å². The fourth-order valence-corrected chi connectivity index (χ4v) is 4.67. The van der Waals surface area contributed by atoms with Crippen LogP contribution in [0.4, 0.5) is 5.82 Å². The molecule has 1 atom stereocenters. The molecule has 4 rings (SSSR count). The van der Waals surface area contributed by atoms with Crippen molar-refractivity contribution in [1.29, 1.82) is 0 Å². The molecule has 0 bridgehead atoms. The lowest BCUT2D eigenvalue weighted by molar-refractivity contribution is -0.140. The second kappa shape index (κ2) is 10.9. The molecular formula is C25H33N5O4. The number of carbonyl (C=O) groups excluding carboxylic acids is 1. The third kappa shape index (κ3) is 5.88. The van der Waals surface area contributed by atoms with E-state index < -0.39 is 17.9 Å². The van der Waals surface area contributed by atoms with Crippen LogP contribution in [0.2, 0.25) is 0 Å². The second-order valence-electron chi connectivity index (χ2n) is 9.28. The fourth-order valence-electron chi connectivity index (χ4n) is 4.67. The first-order valence-corrected chi connectivity index (χ1v) is 12.1. The Labute approximate surface area is 199 Å². The molecule has 0 radical (unpaired) electrons. The van der Waals surface area contributed by atoms with Crippen molar-refractivity contribution in [3.8, 4) is 0 Å². The van der Waals surface area contributed by atoms with E-state index in [9.17, 15) is 14.7 Å². The van der Waals surface area contributed by atoms with Gasteiger partial charge in [-0.15, -0.1) is 0 Å². The molecule has 0 saturated heterocycles. The Hall–Kier alpha value is -3.07. The lowest BCUT2D eigenvalue weighted by Gasteiger charge is -2.35. The van der Waals surface area contributed by atoms with Crippen LogP contribution in [0.5, 0.6) is 0 Å². The van der Waals surface area contributed by atoms with E-state index in [0.717, 1.165) is 50.2 Å². The first-order valence-electron chi connectivity index (χ1n) is 12.1. The summed E-state index contributed by atoms with van der Waals surface area (Å²) >= 11 is 0. The number of ether oxygens (including phenoxy) is 1. The van der Waals surface area contributed by atoms with Crippen LogP contribution in [-0.2, 0) is 22.4 Å². The SMILES string of the molecule is Cc1ncnc(C)c1C(=O)NC(CCO[C@H]1C[C@@H](CCc2ccc3c(n2)NCCC3)C1)C(=O)O. The van der Waals surface area contributed by atoms with Crippen molar-refractivity contribution in [2.24, 2.45) is 5.92 Å². The molecule has 0 spiro atoms. The van der Waals surface area contributed by atoms with Crippen LogP contribution in [0.25, 0.3) is 0 Å². The van der Waals surface area contributed by atoms with Crippen molar-refractivity contribution < 1.29 is 19.4 Å². The lowest BCUT2D eigenvalue weighted by atomic mass is 9.79. The molecular weight excluding hydrogens is 434 g/mol. The van der Waals surface area contributed by atoms with Gasteiger partial charge >= 0.3 is 5.97 Å². The third-order valence-corrected chi connectivity index (χ3v) is 6.77. The predicted molar refractivity (Wildman–Crippen MR) is 127 cm³/mol. The zero-order chi connectivity index (χ0) is 24.1. The molecule has 1 fully saturated rings. The number of aliphatic carboxylic acids is 1. The van der Waals surface area contributed by atoms with Gasteiger partial charge in [-0.25, -0.2) is 19.7 Å². The first-order chi connectivity index (χ1) is 16.4. The second-order valence-corrected chi connectivity index (χ2v) is 9.28. The molecule has 1 aliphatic heterocycles. The average Bonchev–Trinajstić information content (AvgIpc) is 2.78. The molecule has 1 amide bonds. The Kier molecular flexibility index (Phi) is 7.72. The standard InChI is InChI=1S/C25H33N5O4/c1-15-22(16(2)28-14-27-15)24(31)30-21(25(32)33)9-11-34-20-12-17(13-20)5-7-19-8-6-18-4-3-10-26-23(18)29-19/h6,8,14,17,20-21H,3-5,7,9-13H2,1-2H3,(H,26,29)(H,30,31)(H,32,33)/t17-,20+,21?. The van der Waals surface area contributed by atoms with Gasteiger partial charge < -0.3 is 20.5 Å². The fraction of sp³-hybridized carbons (Fsp3) is 0.560. The van der Waals surface area contributed by atoms with E-state index in [4.69, 9.17) is 9.72 Å². The number of nitrogens with one attached hydrogen (secondary N) is 2. The minimum Gasteiger partial charge on any atom is -0.480 e. The van der Waals surface area contributed by atoms with Crippen molar-refractivity contribution in [2.75, 3.05) is 18.5 Å². The predicted octanol–water partition coefficient (Wildman–Crippen LogP) is 2.85. The van der Waals surface area contributed by atoms with Crippen LogP contribution in [-0.4, -0.2) is 57.2 Å². The van der Waals surface area contributed by atoms with Crippen molar-refractivity contribution in [2.45, 2.75) is 70.9 Å². The summed E-state index contributed by atoms with van der Waals surface area (Å²) in [5.74, 6) is 0.0962. The van der Waals surface area contributed by atoms with E-state index in [-0.39, 0.29) is 19.1 Å². The van der Waals surface area contributed by atoms with E-state index in [2.05, 4.69) is 32.7 Å². The smallest absolute Gasteiger partial charge is 0.326 e. The monoisotopic (exact) mass is 467 g/mol. The number of carboxylic acid groups (broad SMARTS) is 1. The molecule has 182 valence electrons. The van der Waals surface area contributed by atoms with Crippen LogP contribution in [0.15, 0.2) is 18.5 Å². The zero-order valence-electron chi connectivity index (χ0n) is 19.8. The van der Waals surface area contributed by atoms with E-state index in [0.29, 0.717) is 22.9 Å². The van der Waals surface area contributed by atoms with Gasteiger partial charge in [0.15, 0.2) is 0 Å². The molecule has 0 aromatic carbocycles. The average molecular weight is 468 g/mol. The summed E-state index contributed by atoms with van der Waals surface area (Å²) in [7, 11) is 0. The van der Waals surface area contributed by atoms with Crippen LogP contribution in [0, 0.1) is 19.8 Å². The molecule has 9 nitrogen and oxygen atoms in total. The van der Waals surface area contributed by atoms with Gasteiger partial charge in [-0.3, -0.25) is 4.79 Å². The number of aryl methyl sites for hydroxylation is 4. The van der Waals surface area contributed by atoms with Crippen LogP contribution in [0.1, 0.15) is 65.1 Å². The largest absolute Gasteiger partial charge is 0.480 e. The number of anilines is 1. The van der Waals surface area contributed by atoms with Gasteiger partial charge in [-0.1, -0.05) is 6.07 Å². The van der Waals surface area contributed by atoms with Gasteiger partial charge in [0.2, 0.25) is 0 Å². The zero-order valence-corrected chi connectivity index (χ0v) is 19.8. The number of nitrogens with zero attached hydrogens (tertiary/aromatic N) is 3. The molecule has 9 heteroatoms. The molecule has 1 aliphatic carbocycles. The van der Waals surface area contributed by atoms with Crippen molar-refractivity contribution in [3.63, 3.8) is 0 Å². The minimum absolute atomic E-state index is 0.153. The maximum absolute atomic E-state index is 12.6. The Balaban J connectivity index is 1.17. The molecule has 3 N–H and O–H groups in total. The summed E-state index contributed by atoms with van der Waals surface area (Å²) in [6, 6.07) is 3.32. The number of hydrogen-bond acceptors (Lipinski definition) is 7. The van der Waals surface area contributed by atoms with Gasteiger partial charge in [0, 0.05) is 25.3 Å². The van der Waals surface area contributed by atoms with Gasteiger partial charge in [0.05, 0.1) is 23.1 Å².